The molecule has 0 aromatic carbocycles. The number of nitrogens with one attached hydrogen (secondary N) is 1. The number of H-pyrrole nitrogens is 1. The number of pyridine rings is 1. The van der Waals surface area contributed by atoms with Gasteiger partial charge < -0.3 is 14.9 Å². The Labute approximate surface area is 67.9 Å². The fourth-order valence-corrected chi connectivity index (χ4v) is 1.05. The van der Waals surface area contributed by atoms with Crippen molar-refractivity contribution in [1.82, 2.24) is 9.97 Å². The van der Waals surface area contributed by atoms with Crippen LogP contribution in [0.1, 0.15) is 10.5 Å². The highest BCUT2D eigenvalue weighted by molar-refractivity contribution is 5.87. The highest BCUT2D eigenvalue weighted by Gasteiger charge is 1.98. The Balaban J connectivity index is 2.68. The topological polar surface area (TPSA) is 68.8 Å². The van der Waals surface area contributed by atoms with E-state index in [2.05, 4.69) is 9.97 Å². The van der Waals surface area contributed by atoms with Gasteiger partial charge in [0, 0.05) is 6.20 Å². The molecule has 0 aliphatic rings. The Morgan fingerprint density at radius 3 is 3.00 bits per heavy atom. The third-order valence-corrected chi connectivity index (χ3v) is 1.61. The van der Waals surface area contributed by atoms with Gasteiger partial charge in [0.25, 0.3) is 0 Å². The van der Waals surface area contributed by atoms with Crippen molar-refractivity contribution in [2.45, 2.75) is 0 Å². The lowest BCUT2D eigenvalue weighted by atomic mass is 10.3. The van der Waals surface area contributed by atoms with E-state index in [0.29, 0.717) is 5.52 Å². The Kier molecular flexibility index (Phi) is 1.33. The molecule has 0 saturated carbocycles. The molecule has 4 nitrogen and oxygen atoms in total. The van der Waals surface area contributed by atoms with Gasteiger partial charge in [0.15, 0.2) is 0 Å². The average molecular weight is 161 g/mol. The Morgan fingerprint density at radius 2 is 2.25 bits per heavy atom. The smallest absolute Gasteiger partial charge is 0.0900 e. The number of fused-ring (bicyclic) bond motifs is 1. The largest absolute Gasteiger partial charge is 0.543 e. The second-order valence-electron chi connectivity index (χ2n) is 2.39. The Bertz CT molecular complexity index is 433. The summed E-state index contributed by atoms with van der Waals surface area (Å²) in [6.07, 6.45) is 1.71. The van der Waals surface area contributed by atoms with Gasteiger partial charge in [-0.15, -0.1) is 0 Å². The highest BCUT2D eigenvalue weighted by Crippen LogP contribution is 2.08. The second-order valence-corrected chi connectivity index (χ2v) is 2.39. The van der Waals surface area contributed by atoms with Crippen LogP contribution in [0.3, 0.4) is 0 Å². The summed E-state index contributed by atoms with van der Waals surface area (Å²) in [6, 6.07) is 4.78. The van der Waals surface area contributed by atoms with E-state index in [4.69, 9.17) is 0 Å². The minimum absolute atomic E-state index is 0.0397. The molecule has 4 heteroatoms. The number of hydrogen-bond donors (Lipinski definition) is 1. The van der Waals surface area contributed by atoms with Crippen LogP contribution in [0.4, 0.5) is 0 Å². The van der Waals surface area contributed by atoms with Gasteiger partial charge in [0.2, 0.25) is 0 Å². The van der Waals surface area contributed by atoms with E-state index in [-0.39, 0.29) is 5.69 Å². The summed E-state index contributed by atoms with van der Waals surface area (Å²) in [5.41, 5.74) is 1.42. The van der Waals surface area contributed by atoms with E-state index in [1.165, 1.54) is 6.07 Å². The lowest BCUT2D eigenvalue weighted by molar-refractivity contribution is -0.255. The van der Waals surface area contributed by atoms with Gasteiger partial charge in [-0.05, 0) is 18.2 Å². The van der Waals surface area contributed by atoms with Gasteiger partial charge in [0.1, 0.15) is 0 Å². The molecule has 2 aromatic rings. The molecule has 12 heavy (non-hydrogen) atoms. The molecule has 0 aliphatic heterocycles. The molecule has 0 bridgehead atoms. The molecule has 2 heterocycles. The monoisotopic (exact) mass is 161 g/mol. The first-order chi connectivity index (χ1) is 5.77. The van der Waals surface area contributed by atoms with Crippen molar-refractivity contribution in [3.8, 4) is 0 Å². The number of nitrogens with zero attached hydrogens (tertiary/aromatic N) is 1. The first-order valence-electron chi connectivity index (χ1n) is 3.43. The van der Waals surface area contributed by atoms with Crippen molar-refractivity contribution >= 4 is 17.0 Å². The van der Waals surface area contributed by atoms with Crippen LogP contribution in [0.2, 0.25) is 0 Å². The van der Waals surface area contributed by atoms with Crippen molar-refractivity contribution in [3.05, 3.63) is 30.1 Å². The molecular weight excluding hydrogens is 156 g/mol. The summed E-state index contributed by atoms with van der Waals surface area (Å²) in [5, 5.41) is 10.4. The van der Waals surface area contributed by atoms with E-state index < -0.39 is 5.97 Å². The lowest BCUT2D eigenvalue weighted by Gasteiger charge is -1.99. The molecule has 60 valence electrons. The third-order valence-electron chi connectivity index (χ3n) is 1.61. The number of carboxylic acids is 1. The molecule has 0 fully saturated rings. The number of hydrogen-bond acceptors (Lipinski definition) is 3. The SMILES string of the molecule is O=C([O-])c1ccc2[nH]ccc2n1. The fraction of sp³-hybridized carbons (Fsp3) is 0. The summed E-state index contributed by atoms with van der Waals surface area (Å²) in [7, 11) is 0. The maximum absolute atomic E-state index is 10.4. The molecule has 0 unspecified atom stereocenters. The highest BCUT2D eigenvalue weighted by atomic mass is 16.4. The summed E-state index contributed by atoms with van der Waals surface area (Å²) >= 11 is 0. The van der Waals surface area contributed by atoms with Crippen LogP contribution in [0.25, 0.3) is 11.0 Å². The lowest BCUT2D eigenvalue weighted by Crippen LogP contribution is -2.23. The summed E-state index contributed by atoms with van der Waals surface area (Å²) in [4.78, 5) is 17.1. The van der Waals surface area contributed by atoms with Crippen LogP contribution < -0.4 is 5.11 Å². The summed E-state index contributed by atoms with van der Waals surface area (Å²) < 4.78 is 0. The van der Waals surface area contributed by atoms with Gasteiger partial charge in [-0.1, -0.05) is 0 Å². The number of carboxylic acid groups (broad SMARTS) is 1. The van der Waals surface area contributed by atoms with Gasteiger partial charge in [0.05, 0.1) is 22.7 Å². The van der Waals surface area contributed by atoms with Crippen LogP contribution >= 0.6 is 0 Å². The van der Waals surface area contributed by atoms with Crippen molar-refractivity contribution in [3.63, 3.8) is 0 Å². The zero-order valence-electron chi connectivity index (χ0n) is 6.07. The number of carbonyl (C=O) groups is 1. The van der Waals surface area contributed by atoms with Crippen molar-refractivity contribution in [2.75, 3.05) is 0 Å². The molecule has 0 aliphatic carbocycles. The number of rotatable bonds is 1. The first kappa shape index (κ1) is 6.84. The molecule has 2 rings (SSSR count). The van der Waals surface area contributed by atoms with Gasteiger partial charge in [-0.3, -0.25) is 0 Å². The minimum Gasteiger partial charge on any atom is -0.543 e. The van der Waals surface area contributed by atoms with Crippen LogP contribution in [-0.4, -0.2) is 15.9 Å². The van der Waals surface area contributed by atoms with Gasteiger partial charge in [-0.25, -0.2) is 4.98 Å². The number of aromatic nitrogens is 2. The molecule has 0 amide bonds. The third kappa shape index (κ3) is 0.934. The Hall–Kier alpha value is -1.84. The van der Waals surface area contributed by atoms with E-state index in [1.807, 2.05) is 0 Å². The normalized spacial score (nSPS) is 10.3. The molecule has 1 N–H and O–H groups in total. The summed E-state index contributed by atoms with van der Waals surface area (Å²) in [6.45, 7) is 0. The maximum atomic E-state index is 10.4. The fourth-order valence-electron chi connectivity index (χ4n) is 1.05. The molecular formula is C8H5N2O2-. The van der Waals surface area contributed by atoms with E-state index in [9.17, 15) is 9.90 Å². The first-order valence-corrected chi connectivity index (χ1v) is 3.43. The predicted octanol–water partition coefficient (Wildman–Crippen LogP) is -0.0736. The Morgan fingerprint density at radius 1 is 1.42 bits per heavy atom. The van der Waals surface area contributed by atoms with Gasteiger partial charge in [-0.2, -0.15) is 0 Å². The van der Waals surface area contributed by atoms with Crippen LogP contribution in [0, 0.1) is 0 Å². The molecule has 0 radical (unpaired) electrons. The van der Waals surface area contributed by atoms with Crippen molar-refractivity contribution in [2.24, 2.45) is 0 Å². The minimum atomic E-state index is -1.25. The molecule has 0 spiro atoms. The molecule has 0 saturated heterocycles. The standard InChI is InChI=1S/C8H6N2O2/c11-8(12)7-2-1-5-6(10-7)3-4-9-5/h1-4,9H,(H,11,12)/p-1. The van der Waals surface area contributed by atoms with Crippen LogP contribution in [0.15, 0.2) is 24.4 Å². The molecule has 0 atom stereocenters. The van der Waals surface area contributed by atoms with E-state index in [0.717, 1.165) is 5.52 Å². The molecule has 2 aromatic heterocycles. The second kappa shape index (κ2) is 2.34. The van der Waals surface area contributed by atoms with Gasteiger partial charge >= 0.3 is 0 Å². The van der Waals surface area contributed by atoms with Crippen molar-refractivity contribution in [1.29, 1.82) is 0 Å². The van der Waals surface area contributed by atoms with E-state index in [1.54, 1.807) is 18.3 Å². The number of aromatic amines is 1. The van der Waals surface area contributed by atoms with Crippen LogP contribution in [-0.2, 0) is 0 Å². The number of aromatic carboxylic acids is 1. The van der Waals surface area contributed by atoms with Crippen molar-refractivity contribution < 1.29 is 9.90 Å². The van der Waals surface area contributed by atoms with Crippen LogP contribution in [0.5, 0.6) is 0 Å². The number of carbonyl (C=O) groups excluding carboxylic acids is 1. The quantitative estimate of drug-likeness (QED) is 0.636. The maximum Gasteiger partial charge on any atom is 0.0900 e. The predicted molar refractivity (Wildman–Crippen MR) is 40.4 cm³/mol. The van der Waals surface area contributed by atoms with E-state index >= 15 is 0 Å². The average Bonchev–Trinajstić information content (AvgIpc) is 2.49. The zero-order chi connectivity index (χ0) is 8.55. The zero-order valence-corrected chi connectivity index (χ0v) is 6.07. The summed E-state index contributed by atoms with van der Waals surface area (Å²) in [5.74, 6) is -1.25.